The maximum Gasteiger partial charge on any atom is 0.254 e. The smallest absolute Gasteiger partial charge is 0.254 e. The Balaban J connectivity index is 1.61. The quantitative estimate of drug-likeness (QED) is 0.704. The van der Waals surface area contributed by atoms with Crippen LogP contribution in [0.5, 0.6) is 0 Å². The van der Waals surface area contributed by atoms with Crippen LogP contribution in [0.3, 0.4) is 0 Å². The van der Waals surface area contributed by atoms with Gasteiger partial charge in [-0.2, -0.15) is 4.98 Å². The SMILES string of the molecule is Cc1ccc(C(=O)N2CCCCC2c2nc(-c3ccccc3)no2)cc1. The standard InChI is InChI=1S/C21H21N3O2/c1-15-10-12-17(13-11-15)21(25)24-14-6-5-9-18(24)20-22-19(23-26-20)16-7-3-2-4-8-16/h2-4,7-8,10-13,18H,5-6,9,14H2,1H3. The summed E-state index contributed by atoms with van der Waals surface area (Å²) in [7, 11) is 0. The number of carbonyl (C=O) groups is 1. The number of hydrogen-bond donors (Lipinski definition) is 0. The second-order valence-electron chi connectivity index (χ2n) is 6.70. The molecule has 26 heavy (non-hydrogen) atoms. The Morgan fingerprint density at radius 3 is 2.62 bits per heavy atom. The molecule has 0 bridgehead atoms. The van der Waals surface area contributed by atoms with Crippen LogP contribution in [-0.2, 0) is 0 Å². The molecule has 5 nitrogen and oxygen atoms in total. The lowest BCUT2D eigenvalue weighted by atomic mass is 10.0. The molecule has 1 saturated heterocycles. The van der Waals surface area contributed by atoms with E-state index in [1.165, 1.54) is 0 Å². The second-order valence-corrected chi connectivity index (χ2v) is 6.70. The van der Waals surface area contributed by atoms with Crippen molar-refractivity contribution in [3.8, 4) is 11.4 Å². The van der Waals surface area contributed by atoms with Crippen LogP contribution in [0.4, 0.5) is 0 Å². The summed E-state index contributed by atoms with van der Waals surface area (Å²) in [6, 6.07) is 17.3. The van der Waals surface area contributed by atoms with Gasteiger partial charge in [0.1, 0.15) is 6.04 Å². The average molecular weight is 347 g/mol. The molecule has 132 valence electrons. The van der Waals surface area contributed by atoms with Crippen molar-refractivity contribution in [2.75, 3.05) is 6.54 Å². The molecule has 5 heteroatoms. The van der Waals surface area contributed by atoms with Gasteiger partial charge >= 0.3 is 0 Å². The number of piperidine rings is 1. The van der Waals surface area contributed by atoms with Crippen molar-refractivity contribution in [3.63, 3.8) is 0 Å². The van der Waals surface area contributed by atoms with Crippen molar-refractivity contribution < 1.29 is 9.32 Å². The van der Waals surface area contributed by atoms with Crippen LogP contribution in [0.2, 0.25) is 0 Å². The van der Waals surface area contributed by atoms with Crippen molar-refractivity contribution in [2.24, 2.45) is 0 Å². The Kier molecular flexibility index (Phi) is 4.52. The van der Waals surface area contributed by atoms with E-state index >= 15 is 0 Å². The Bertz CT molecular complexity index is 887. The first kappa shape index (κ1) is 16.5. The molecule has 1 unspecified atom stereocenters. The Labute approximate surface area is 152 Å². The van der Waals surface area contributed by atoms with Gasteiger partial charge in [0.2, 0.25) is 11.7 Å². The fourth-order valence-corrected chi connectivity index (χ4v) is 3.37. The highest BCUT2D eigenvalue weighted by atomic mass is 16.5. The summed E-state index contributed by atoms with van der Waals surface area (Å²) in [5, 5.41) is 4.12. The minimum atomic E-state index is -0.164. The van der Waals surface area contributed by atoms with Gasteiger partial charge in [0, 0.05) is 17.7 Å². The molecule has 0 aliphatic carbocycles. The number of nitrogens with zero attached hydrogens (tertiary/aromatic N) is 3. The van der Waals surface area contributed by atoms with Gasteiger partial charge in [0.25, 0.3) is 5.91 Å². The molecular formula is C21H21N3O2. The van der Waals surface area contributed by atoms with Crippen LogP contribution in [0.1, 0.15) is 47.1 Å². The van der Waals surface area contributed by atoms with E-state index in [0.717, 1.165) is 30.4 Å². The predicted octanol–water partition coefficient (Wildman–Crippen LogP) is 4.41. The summed E-state index contributed by atoms with van der Waals surface area (Å²) in [5.41, 5.74) is 2.75. The molecule has 0 N–H and O–H groups in total. The molecular weight excluding hydrogens is 326 g/mol. The average Bonchev–Trinajstić information content (AvgIpc) is 3.19. The summed E-state index contributed by atoms with van der Waals surface area (Å²) in [4.78, 5) is 19.5. The maximum absolute atomic E-state index is 13.0. The van der Waals surface area contributed by atoms with Crippen molar-refractivity contribution >= 4 is 5.91 Å². The van der Waals surface area contributed by atoms with E-state index in [1.54, 1.807) is 0 Å². The van der Waals surface area contributed by atoms with Crippen LogP contribution in [0, 0.1) is 6.92 Å². The van der Waals surface area contributed by atoms with E-state index < -0.39 is 0 Å². The number of rotatable bonds is 3. The van der Waals surface area contributed by atoms with Crippen LogP contribution >= 0.6 is 0 Å². The summed E-state index contributed by atoms with van der Waals surface area (Å²) < 4.78 is 5.54. The Morgan fingerprint density at radius 2 is 1.85 bits per heavy atom. The van der Waals surface area contributed by atoms with Gasteiger partial charge < -0.3 is 9.42 Å². The summed E-state index contributed by atoms with van der Waals surface area (Å²) in [6.07, 6.45) is 2.88. The third-order valence-corrected chi connectivity index (χ3v) is 4.82. The van der Waals surface area contributed by atoms with Crippen molar-refractivity contribution in [2.45, 2.75) is 32.2 Å². The van der Waals surface area contributed by atoms with E-state index in [2.05, 4.69) is 10.1 Å². The van der Waals surface area contributed by atoms with Crippen molar-refractivity contribution in [1.82, 2.24) is 15.0 Å². The highest BCUT2D eigenvalue weighted by Crippen LogP contribution is 2.32. The molecule has 2 aromatic carbocycles. The molecule has 3 aromatic rings. The molecule has 1 aromatic heterocycles. The monoisotopic (exact) mass is 347 g/mol. The number of carbonyl (C=O) groups excluding carboxylic acids is 1. The zero-order valence-electron chi connectivity index (χ0n) is 14.8. The van der Waals surface area contributed by atoms with Gasteiger partial charge in [-0.1, -0.05) is 53.2 Å². The highest BCUT2D eigenvalue weighted by molar-refractivity contribution is 5.94. The zero-order chi connectivity index (χ0) is 17.9. The minimum absolute atomic E-state index is 0.0224. The van der Waals surface area contributed by atoms with E-state index in [4.69, 9.17) is 4.52 Å². The summed E-state index contributed by atoms with van der Waals surface area (Å²) in [5.74, 6) is 1.10. The lowest BCUT2D eigenvalue weighted by molar-refractivity contribution is 0.0561. The largest absolute Gasteiger partial charge is 0.337 e. The van der Waals surface area contributed by atoms with Gasteiger partial charge in [0.05, 0.1) is 0 Å². The predicted molar refractivity (Wildman–Crippen MR) is 98.5 cm³/mol. The number of hydrogen-bond acceptors (Lipinski definition) is 4. The number of aromatic nitrogens is 2. The fraction of sp³-hybridized carbons (Fsp3) is 0.286. The van der Waals surface area contributed by atoms with Crippen LogP contribution in [0.15, 0.2) is 59.1 Å². The molecule has 0 radical (unpaired) electrons. The number of likely N-dealkylation sites (tertiary alicyclic amines) is 1. The van der Waals surface area contributed by atoms with Gasteiger partial charge in [-0.3, -0.25) is 4.79 Å². The third-order valence-electron chi connectivity index (χ3n) is 4.82. The van der Waals surface area contributed by atoms with E-state index in [-0.39, 0.29) is 11.9 Å². The highest BCUT2D eigenvalue weighted by Gasteiger charge is 2.32. The van der Waals surface area contributed by atoms with E-state index in [1.807, 2.05) is 66.4 Å². The molecule has 1 atom stereocenters. The molecule has 0 saturated carbocycles. The second kappa shape index (κ2) is 7.12. The normalized spacial score (nSPS) is 17.3. The number of benzene rings is 2. The molecule has 4 rings (SSSR count). The fourth-order valence-electron chi connectivity index (χ4n) is 3.37. The van der Waals surface area contributed by atoms with E-state index in [9.17, 15) is 4.79 Å². The first-order valence-electron chi connectivity index (χ1n) is 8.99. The minimum Gasteiger partial charge on any atom is -0.337 e. The molecule has 1 aliphatic rings. The van der Waals surface area contributed by atoms with Crippen LogP contribution < -0.4 is 0 Å². The van der Waals surface area contributed by atoms with Crippen molar-refractivity contribution in [3.05, 3.63) is 71.6 Å². The summed E-state index contributed by atoms with van der Waals surface area (Å²) in [6.45, 7) is 2.72. The topological polar surface area (TPSA) is 59.2 Å². The lowest BCUT2D eigenvalue weighted by Crippen LogP contribution is -2.38. The molecule has 1 aliphatic heterocycles. The zero-order valence-corrected chi connectivity index (χ0v) is 14.8. The first-order valence-corrected chi connectivity index (χ1v) is 8.99. The lowest BCUT2D eigenvalue weighted by Gasteiger charge is -2.33. The van der Waals surface area contributed by atoms with Gasteiger partial charge in [-0.15, -0.1) is 0 Å². The number of amides is 1. The van der Waals surface area contributed by atoms with Gasteiger partial charge in [-0.05, 0) is 38.3 Å². The molecule has 0 spiro atoms. The number of aryl methyl sites for hydroxylation is 1. The summed E-state index contributed by atoms with van der Waals surface area (Å²) >= 11 is 0. The van der Waals surface area contributed by atoms with Crippen LogP contribution in [0.25, 0.3) is 11.4 Å². The van der Waals surface area contributed by atoms with Gasteiger partial charge in [-0.25, -0.2) is 0 Å². The maximum atomic E-state index is 13.0. The molecule has 1 amide bonds. The van der Waals surface area contributed by atoms with E-state index in [0.29, 0.717) is 23.8 Å². The third kappa shape index (κ3) is 3.25. The van der Waals surface area contributed by atoms with Crippen LogP contribution in [-0.4, -0.2) is 27.5 Å². The van der Waals surface area contributed by atoms with Crippen molar-refractivity contribution in [1.29, 1.82) is 0 Å². The molecule has 1 fully saturated rings. The first-order chi connectivity index (χ1) is 12.7. The Morgan fingerprint density at radius 1 is 1.08 bits per heavy atom. The van der Waals surface area contributed by atoms with Gasteiger partial charge in [0.15, 0.2) is 0 Å². The molecule has 2 heterocycles. The Hall–Kier alpha value is -2.95.